The van der Waals surface area contributed by atoms with Gasteiger partial charge in [-0.2, -0.15) is 5.10 Å². The third-order valence-electron chi connectivity index (χ3n) is 4.81. The molecule has 1 saturated heterocycles. The van der Waals surface area contributed by atoms with E-state index in [1.54, 1.807) is 0 Å². The summed E-state index contributed by atoms with van der Waals surface area (Å²) in [6.45, 7) is 1.93. The predicted octanol–water partition coefficient (Wildman–Crippen LogP) is 3.65. The number of rotatable bonds is 5. The van der Waals surface area contributed by atoms with Gasteiger partial charge in [-0.15, -0.1) is 12.4 Å². The summed E-state index contributed by atoms with van der Waals surface area (Å²) < 4.78 is 7.68. The Labute approximate surface area is 170 Å². The number of aromatic nitrogens is 2. The maximum absolute atomic E-state index is 11.7. The normalized spacial score (nSPS) is 14.3. The molecule has 0 atom stereocenters. The van der Waals surface area contributed by atoms with Gasteiger partial charge in [-0.1, -0.05) is 18.2 Å². The zero-order valence-electron chi connectivity index (χ0n) is 15.4. The highest BCUT2D eigenvalue weighted by Crippen LogP contribution is 2.29. The van der Waals surface area contributed by atoms with Crippen molar-refractivity contribution in [2.75, 3.05) is 13.1 Å². The number of para-hydroxylation sites is 1. The molecule has 4 rings (SSSR count). The molecule has 1 aliphatic rings. The van der Waals surface area contributed by atoms with E-state index in [0.717, 1.165) is 48.8 Å². The van der Waals surface area contributed by atoms with Gasteiger partial charge in [0.1, 0.15) is 11.5 Å². The van der Waals surface area contributed by atoms with Crippen LogP contribution in [0.25, 0.3) is 5.69 Å². The Balaban J connectivity index is 0.00000225. The highest BCUT2D eigenvalue weighted by Gasteiger charge is 2.22. The number of hydrogen-bond donors (Lipinski definition) is 2. The molecule has 6 nitrogen and oxygen atoms in total. The van der Waals surface area contributed by atoms with Gasteiger partial charge in [0.05, 0.1) is 5.69 Å². The minimum absolute atomic E-state index is 0. The van der Waals surface area contributed by atoms with Gasteiger partial charge in [-0.05, 0) is 68.4 Å². The first-order chi connectivity index (χ1) is 13.2. The number of hydrogen-bond acceptors (Lipinski definition) is 4. The molecule has 0 bridgehead atoms. The Bertz CT molecular complexity index is 919. The Morgan fingerprint density at radius 1 is 1.04 bits per heavy atom. The summed E-state index contributed by atoms with van der Waals surface area (Å²) in [5.74, 6) is 1.38. The zero-order chi connectivity index (χ0) is 18.6. The molecule has 1 amide bonds. The first-order valence-electron chi connectivity index (χ1n) is 9.14. The van der Waals surface area contributed by atoms with Crippen molar-refractivity contribution in [3.63, 3.8) is 0 Å². The first-order valence-corrected chi connectivity index (χ1v) is 9.14. The summed E-state index contributed by atoms with van der Waals surface area (Å²) in [6.07, 6.45) is 2.03. The van der Waals surface area contributed by atoms with Crippen molar-refractivity contribution in [1.29, 1.82) is 0 Å². The van der Waals surface area contributed by atoms with Gasteiger partial charge >= 0.3 is 0 Å². The molecule has 0 aliphatic carbocycles. The fourth-order valence-corrected chi connectivity index (χ4v) is 3.41. The molecular formula is C21H23ClN4O2. The number of carbonyl (C=O) groups excluding carboxylic acids is 1. The summed E-state index contributed by atoms with van der Waals surface area (Å²) in [7, 11) is 0. The first kappa shape index (κ1) is 19.9. The topological polar surface area (TPSA) is 82.2 Å². The number of nitrogens with two attached hydrogens (primary N) is 1. The van der Waals surface area contributed by atoms with E-state index in [2.05, 4.69) is 10.4 Å². The Morgan fingerprint density at radius 3 is 2.32 bits per heavy atom. The molecule has 1 aromatic heterocycles. The van der Waals surface area contributed by atoms with E-state index in [0.29, 0.717) is 11.6 Å². The van der Waals surface area contributed by atoms with Crippen molar-refractivity contribution in [2.45, 2.75) is 18.8 Å². The number of ether oxygens (including phenoxy) is 1. The predicted molar refractivity (Wildman–Crippen MR) is 111 cm³/mol. The summed E-state index contributed by atoms with van der Waals surface area (Å²) >= 11 is 0. The molecule has 1 fully saturated rings. The van der Waals surface area contributed by atoms with Gasteiger partial charge in [-0.25, -0.2) is 4.68 Å². The van der Waals surface area contributed by atoms with Crippen molar-refractivity contribution in [1.82, 2.24) is 15.1 Å². The van der Waals surface area contributed by atoms with Crippen molar-refractivity contribution < 1.29 is 9.53 Å². The summed E-state index contributed by atoms with van der Waals surface area (Å²) in [5, 5.41) is 7.82. The Morgan fingerprint density at radius 2 is 1.68 bits per heavy atom. The van der Waals surface area contributed by atoms with Gasteiger partial charge in [0, 0.05) is 11.6 Å². The van der Waals surface area contributed by atoms with Crippen LogP contribution in [0.3, 0.4) is 0 Å². The number of nitrogens with one attached hydrogen (secondary N) is 1. The lowest BCUT2D eigenvalue weighted by Gasteiger charge is -2.23. The molecule has 28 heavy (non-hydrogen) atoms. The third kappa shape index (κ3) is 4.35. The van der Waals surface area contributed by atoms with Crippen LogP contribution in [0, 0.1) is 0 Å². The lowest BCUT2D eigenvalue weighted by atomic mass is 9.94. The molecular weight excluding hydrogens is 376 g/mol. The molecule has 0 spiro atoms. The van der Waals surface area contributed by atoms with Gasteiger partial charge in [-0.3, -0.25) is 4.79 Å². The number of amides is 1. The van der Waals surface area contributed by atoms with Crippen molar-refractivity contribution in [2.24, 2.45) is 5.73 Å². The van der Waals surface area contributed by atoms with Crippen LogP contribution in [-0.2, 0) is 0 Å². The summed E-state index contributed by atoms with van der Waals surface area (Å²) in [5.41, 5.74) is 7.68. The number of primary amides is 1. The molecule has 3 aromatic rings. The van der Waals surface area contributed by atoms with Crippen LogP contribution in [0.1, 0.15) is 34.9 Å². The van der Waals surface area contributed by atoms with Crippen molar-refractivity contribution in [3.8, 4) is 17.2 Å². The molecule has 3 N–H and O–H groups in total. The van der Waals surface area contributed by atoms with Gasteiger partial charge < -0.3 is 15.8 Å². The maximum Gasteiger partial charge on any atom is 0.269 e. The lowest BCUT2D eigenvalue weighted by Crippen LogP contribution is -2.27. The minimum Gasteiger partial charge on any atom is -0.457 e. The quantitative estimate of drug-likeness (QED) is 0.687. The van der Waals surface area contributed by atoms with E-state index in [9.17, 15) is 4.79 Å². The van der Waals surface area contributed by atoms with Crippen molar-refractivity contribution in [3.05, 3.63) is 72.1 Å². The number of halogens is 1. The standard InChI is InChI=1S/C21H22N4O2.ClH/c22-21(26)19-14-20(15-10-12-23-13-11-15)25(24-19)16-6-8-18(9-7-16)27-17-4-2-1-3-5-17;/h1-9,14-15,23H,10-13H2,(H2,22,26);1H. The fraction of sp³-hybridized carbons (Fsp3) is 0.238. The molecule has 1 aliphatic heterocycles. The van der Waals surface area contributed by atoms with E-state index in [1.807, 2.05) is 65.3 Å². The molecule has 0 saturated carbocycles. The van der Waals surface area contributed by atoms with Gasteiger partial charge in [0.25, 0.3) is 5.91 Å². The second kappa shape index (κ2) is 8.91. The maximum atomic E-state index is 11.7. The smallest absolute Gasteiger partial charge is 0.269 e. The highest BCUT2D eigenvalue weighted by molar-refractivity contribution is 5.91. The number of nitrogens with zero attached hydrogens (tertiary/aromatic N) is 2. The van der Waals surface area contributed by atoms with Crippen LogP contribution in [-0.4, -0.2) is 28.8 Å². The molecule has 2 aromatic carbocycles. The van der Waals surface area contributed by atoms with E-state index in [-0.39, 0.29) is 12.4 Å². The average molecular weight is 399 g/mol. The molecule has 7 heteroatoms. The Hall–Kier alpha value is -2.83. The van der Waals surface area contributed by atoms with Crippen LogP contribution in [0.15, 0.2) is 60.7 Å². The third-order valence-corrected chi connectivity index (χ3v) is 4.81. The fourth-order valence-electron chi connectivity index (χ4n) is 3.41. The van der Waals surface area contributed by atoms with E-state index < -0.39 is 5.91 Å². The Kier molecular flexibility index (Phi) is 6.34. The lowest BCUT2D eigenvalue weighted by molar-refractivity contribution is 0.0995. The van der Waals surface area contributed by atoms with Crippen LogP contribution in [0.4, 0.5) is 0 Å². The largest absolute Gasteiger partial charge is 0.457 e. The molecule has 2 heterocycles. The highest BCUT2D eigenvalue weighted by atomic mass is 35.5. The summed E-state index contributed by atoms with van der Waals surface area (Å²) in [6, 6.07) is 19.2. The monoisotopic (exact) mass is 398 g/mol. The van der Waals surface area contributed by atoms with E-state index in [1.165, 1.54) is 0 Å². The molecule has 0 unspecified atom stereocenters. The second-order valence-corrected chi connectivity index (χ2v) is 6.66. The van der Waals surface area contributed by atoms with Crippen molar-refractivity contribution >= 4 is 18.3 Å². The number of carbonyl (C=O) groups is 1. The molecule has 0 radical (unpaired) electrons. The molecule has 146 valence electrons. The number of piperidine rings is 1. The number of benzene rings is 2. The van der Waals surface area contributed by atoms with Crippen LogP contribution in [0.2, 0.25) is 0 Å². The van der Waals surface area contributed by atoms with E-state index >= 15 is 0 Å². The summed E-state index contributed by atoms with van der Waals surface area (Å²) in [4.78, 5) is 11.7. The van der Waals surface area contributed by atoms with E-state index in [4.69, 9.17) is 10.5 Å². The van der Waals surface area contributed by atoms with Crippen LogP contribution in [0.5, 0.6) is 11.5 Å². The van der Waals surface area contributed by atoms with Gasteiger partial charge in [0.2, 0.25) is 0 Å². The zero-order valence-corrected chi connectivity index (χ0v) is 16.2. The van der Waals surface area contributed by atoms with Gasteiger partial charge in [0.15, 0.2) is 5.69 Å². The SMILES string of the molecule is Cl.NC(=O)c1cc(C2CCNCC2)n(-c2ccc(Oc3ccccc3)cc2)n1. The second-order valence-electron chi connectivity index (χ2n) is 6.66. The average Bonchev–Trinajstić information content (AvgIpc) is 3.16. The van der Waals surface area contributed by atoms with Crippen LogP contribution >= 0.6 is 12.4 Å². The minimum atomic E-state index is -0.507. The van der Waals surface area contributed by atoms with Crippen LogP contribution < -0.4 is 15.8 Å².